The number of hydrogen-bond donors (Lipinski definition) is 1. The van der Waals surface area contributed by atoms with Gasteiger partial charge in [0.1, 0.15) is 0 Å². The summed E-state index contributed by atoms with van der Waals surface area (Å²) >= 11 is 1.63. The predicted octanol–water partition coefficient (Wildman–Crippen LogP) is 3.07. The Bertz CT molecular complexity index is 291. The summed E-state index contributed by atoms with van der Waals surface area (Å²) in [4.78, 5) is 5.24. The van der Waals surface area contributed by atoms with E-state index < -0.39 is 0 Å². The summed E-state index contributed by atoms with van der Waals surface area (Å²) in [7, 11) is 0. The maximum Gasteiger partial charge on any atom is 0.0926 e. The summed E-state index contributed by atoms with van der Waals surface area (Å²) in [5.74, 6) is 0.476. The van der Waals surface area contributed by atoms with Gasteiger partial charge in [0.25, 0.3) is 0 Å². The average molecular weight is 211 g/mol. The Morgan fingerprint density at radius 3 is 2.71 bits per heavy atom. The van der Waals surface area contributed by atoms with Crippen LogP contribution in [-0.4, -0.2) is 10.1 Å². The molecule has 1 aromatic rings. The number of aryl methyl sites for hydroxylation is 1. The smallest absolute Gasteiger partial charge is 0.0926 e. The molecule has 1 saturated carbocycles. The van der Waals surface area contributed by atoms with Crippen molar-refractivity contribution in [1.29, 1.82) is 0 Å². The zero-order chi connectivity index (χ0) is 9.97. The molecule has 14 heavy (non-hydrogen) atoms. The molecular formula is C11H17NOS. The van der Waals surface area contributed by atoms with E-state index in [2.05, 4.69) is 4.98 Å². The molecule has 1 heterocycles. The summed E-state index contributed by atoms with van der Waals surface area (Å²) in [6, 6.07) is 0. The van der Waals surface area contributed by atoms with Gasteiger partial charge in [0.05, 0.1) is 16.0 Å². The van der Waals surface area contributed by atoms with Gasteiger partial charge < -0.3 is 5.11 Å². The van der Waals surface area contributed by atoms with E-state index in [0.29, 0.717) is 5.92 Å². The third kappa shape index (κ3) is 2.15. The van der Waals surface area contributed by atoms with Crippen molar-refractivity contribution in [2.45, 2.75) is 45.1 Å². The fourth-order valence-electron chi connectivity index (χ4n) is 2.20. The second-order valence-corrected chi connectivity index (χ2v) is 5.39. The summed E-state index contributed by atoms with van der Waals surface area (Å²) in [6.45, 7) is 1.99. The van der Waals surface area contributed by atoms with Gasteiger partial charge >= 0.3 is 0 Å². The van der Waals surface area contributed by atoms with Gasteiger partial charge in [0.2, 0.25) is 0 Å². The first-order chi connectivity index (χ1) is 6.77. The van der Waals surface area contributed by atoms with Gasteiger partial charge in [0, 0.05) is 6.20 Å². The lowest BCUT2D eigenvalue weighted by atomic mass is 9.85. The van der Waals surface area contributed by atoms with E-state index in [4.69, 9.17) is 0 Å². The van der Waals surface area contributed by atoms with Crippen LogP contribution in [0.3, 0.4) is 0 Å². The molecule has 1 aliphatic carbocycles. The Morgan fingerprint density at radius 1 is 1.43 bits per heavy atom. The quantitative estimate of drug-likeness (QED) is 0.815. The second kappa shape index (κ2) is 4.41. The van der Waals surface area contributed by atoms with E-state index in [1.165, 1.54) is 32.1 Å². The van der Waals surface area contributed by atoms with Gasteiger partial charge in [-0.2, -0.15) is 0 Å². The normalized spacial score (nSPS) is 21.0. The molecule has 0 radical (unpaired) electrons. The molecule has 1 N–H and O–H groups in total. The second-order valence-electron chi connectivity index (χ2n) is 4.12. The summed E-state index contributed by atoms with van der Waals surface area (Å²) in [5.41, 5.74) is 0. The van der Waals surface area contributed by atoms with Crippen molar-refractivity contribution in [1.82, 2.24) is 4.98 Å². The Morgan fingerprint density at radius 2 is 2.14 bits per heavy atom. The van der Waals surface area contributed by atoms with Crippen LogP contribution in [0.5, 0.6) is 0 Å². The van der Waals surface area contributed by atoms with Crippen LogP contribution < -0.4 is 0 Å². The summed E-state index contributed by atoms with van der Waals surface area (Å²) in [5, 5.41) is 11.2. The highest BCUT2D eigenvalue weighted by Crippen LogP contribution is 2.36. The number of aliphatic hydroxyl groups excluding tert-OH is 1. The standard InChI is InChI=1S/C11H17NOS/c1-8-12-7-10(14-8)11(13)9-5-3-2-4-6-9/h7,9,11,13H,2-6H2,1H3. The highest BCUT2D eigenvalue weighted by atomic mass is 32.1. The largest absolute Gasteiger partial charge is 0.387 e. The molecule has 1 aromatic heterocycles. The van der Waals surface area contributed by atoms with Crippen LogP contribution >= 0.6 is 11.3 Å². The zero-order valence-corrected chi connectivity index (χ0v) is 9.39. The average Bonchev–Trinajstić information content (AvgIpc) is 2.65. The Balaban J connectivity index is 2.03. The fraction of sp³-hybridized carbons (Fsp3) is 0.727. The minimum absolute atomic E-state index is 0.263. The van der Waals surface area contributed by atoms with E-state index in [1.54, 1.807) is 11.3 Å². The highest BCUT2D eigenvalue weighted by molar-refractivity contribution is 7.11. The molecule has 1 aliphatic rings. The SMILES string of the molecule is Cc1ncc(C(O)C2CCCCC2)s1. The zero-order valence-electron chi connectivity index (χ0n) is 8.57. The first-order valence-corrected chi connectivity index (χ1v) is 6.19. The molecule has 0 amide bonds. The van der Waals surface area contributed by atoms with E-state index in [0.717, 1.165) is 9.88 Å². The minimum Gasteiger partial charge on any atom is -0.387 e. The molecule has 2 nitrogen and oxygen atoms in total. The van der Waals surface area contributed by atoms with Crippen molar-refractivity contribution in [3.8, 4) is 0 Å². The first kappa shape index (κ1) is 10.1. The minimum atomic E-state index is -0.263. The van der Waals surface area contributed by atoms with Gasteiger partial charge in [-0.25, -0.2) is 4.98 Å². The van der Waals surface area contributed by atoms with Crippen LogP contribution in [0.25, 0.3) is 0 Å². The highest BCUT2D eigenvalue weighted by Gasteiger charge is 2.24. The van der Waals surface area contributed by atoms with Crippen LogP contribution in [0, 0.1) is 12.8 Å². The molecule has 1 fully saturated rings. The van der Waals surface area contributed by atoms with Crippen LogP contribution in [0.4, 0.5) is 0 Å². The third-order valence-corrected chi connectivity index (χ3v) is 4.01. The number of rotatable bonds is 2. The van der Waals surface area contributed by atoms with Gasteiger partial charge in [-0.05, 0) is 25.7 Å². The van der Waals surface area contributed by atoms with Crippen molar-refractivity contribution >= 4 is 11.3 Å². The molecular weight excluding hydrogens is 194 g/mol. The van der Waals surface area contributed by atoms with Crippen molar-refractivity contribution in [2.75, 3.05) is 0 Å². The molecule has 0 aliphatic heterocycles. The molecule has 78 valence electrons. The van der Waals surface area contributed by atoms with Gasteiger partial charge in [-0.3, -0.25) is 0 Å². The van der Waals surface area contributed by atoms with Gasteiger partial charge in [-0.1, -0.05) is 19.3 Å². The predicted molar refractivity (Wildman–Crippen MR) is 58.4 cm³/mol. The van der Waals surface area contributed by atoms with E-state index in [-0.39, 0.29) is 6.10 Å². The van der Waals surface area contributed by atoms with E-state index in [1.807, 2.05) is 13.1 Å². The molecule has 1 unspecified atom stereocenters. The molecule has 0 saturated heterocycles. The Kier molecular flexibility index (Phi) is 3.19. The molecule has 0 spiro atoms. The topological polar surface area (TPSA) is 33.1 Å². The molecule has 0 bridgehead atoms. The first-order valence-electron chi connectivity index (χ1n) is 5.38. The van der Waals surface area contributed by atoms with Gasteiger partial charge in [0.15, 0.2) is 0 Å². The Labute approximate surface area is 89.0 Å². The molecule has 0 aromatic carbocycles. The van der Waals surface area contributed by atoms with Crippen molar-refractivity contribution in [2.24, 2.45) is 5.92 Å². The Hall–Kier alpha value is -0.410. The van der Waals surface area contributed by atoms with Crippen molar-refractivity contribution < 1.29 is 5.11 Å². The number of thiazole rings is 1. The maximum atomic E-state index is 10.1. The van der Waals surface area contributed by atoms with E-state index >= 15 is 0 Å². The van der Waals surface area contributed by atoms with Crippen LogP contribution in [0.1, 0.15) is 48.1 Å². The summed E-state index contributed by atoms with van der Waals surface area (Å²) in [6.07, 6.45) is 7.82. The van der Waals surface area contributed by atoms with Crippen LogP contribution in [0.15, 0.2) is 6.20 Å². The fourth-order valence-corrected chi connectivity index (χ4v) is 3.06. The van der Waals surface area contributed by atoms with E-state index in [9.17, 15) is 5.11 Å². The lowest BCUT2D eigenvalue weighted by Gasteiger charge is -2.25. The third-order valence-electron chi connectivity index (χ3n) is 3.03. The van der Waals surface area contributed by atoms with Crippen LogP contribution in [0.2, 0.25) is 0 Å². The molecule has 1 atom stereocenters. The van der Waals surface area contributed by atoms with Crippen molar-refractivity contribution in [3.05, 3.63) is 16.1 Å². The number of aromatic nitrogens is 1. The molecule has 2 rings (SSSR count). The number of nitrogens with zero attached hydrogens (tertiary/aromatic N) is 1. The monoisotopic (exact) mass is 211 g/mol. The number of hydrogen-bond acceptors (Lipinski definition) is 3. The maximum absolute atomic E-state index is 10.1. The van der Waals surface area contributed by atoms with Crippen LogP contribution in [-0.2, 0) is 0 Å². The lowest BCUT2D eigenvalue weighted by molar-refractivity contribution is 0.0877. The summed E-state index contributed by atoms with van der Waals surface area (Å²) < 4.78 is 0. The van der Waals surface area contributed by atoms with Gasteiger partial charge in [-0.15, -0.1) is 11.3 Å². The van der Waals surface area contributed by atoms with Crippen molar-refractivity contribution in [3.63, 3.8) is 0 Å². The lowest BCUT2D eigenvalue weighted by Crippen LogP contribution is -2.14. The molecule has 3 heteroatoms. The number of aliphatic hydroxyl groups is 1.